The monoisotopic (exact) mass is 145 g/mol. The molecule has 1 saturated carbocycles. The SMILES string of the molecule is OC1(C2CO[C]2F)CCC1. The molecule has 1 saturated heterocycles. The molecule has 0 aromatic heterocycles. The predicted molar refractivity (Wildman–Crippen MR) is 32.6 cm³/mol. The molecule has 0 amide bonds. The summed E-state index contributed by atoms with van der Waals surface area (Å²) in [7, 11) is 0. The van der Waals surface area contributed by atoms with Crippen molar-refractivity contribution in [2.24, 2.45) is 5.92 Å². The number of hydrogen-bond donors (Lipinski definition) is 1. The highest BCUT2D eigenvalue weighted by molar-refractivity contribution is 5.04. The average molecular weight is 145 g/mol. The fraction of sp³-hybridized carbons (Fsp3) is 0.857. The van der Waals surface area contributed by atoms with Gasteiger partial charge in [0.1, 0.15) is 0 Å². The topological polar surface area (TPSA) is 29.5 Å². The van der Waals surface area contributed by atoms with Crippen LogP contribution in [0.25, 0.3) is 0 Å². The Bertz CT molecular complexity index is 145. The molecular weight excluding hydrogens is 135 g/mol. The summed E-state index contributed by atoms with van der Waals surface area (Å²) in [6.07, 6.45) is 2.01. The van der Waals surface area contributed by atoms with Crippen LogP contribution in [0.3, 0.4) is 0 Å². The molecule has 2 rings (SSSR count). The summed E-state index contributed by atoms with van der Waals surface area (Å²) < 4.78 is 16.9. The van der Waals surface area contributed by atoms with Crippen LogP contribution in [-0.2, 0) is 4.74 Å². The van der Waals surface area contributed by atoms with Gasteiger partial charge in [-0.2, -0.15) is 0 Å². The molecule has 0 spiro atoms. The summed E-state index contributed by atoms with van der Waals surface area (Å²) in [6, 6.07) is 0. The van der Waals surface area contributed by atoms with Crippen LogP contribution in [0.15, 0.2) is 0 Å². The predicted octanol–water partition coefficient (Wildman–Crippen LogP) is 1.01. The van der Waals surface area contributed by atoms with E-state index in [9.17, 15) is 9.50 Å². The van der Waals surface area contributed by atoms with E-state index in [-0.39, 0.29) is 5.92 Å². The van der Waals surface area contributed by atoms with Crippen LogP contribution in [0.5, 0.6) is 0 Å². The van der Waals surface area contributed by atoms with E-state index in [4.69, 9.17) is 0 Å². The number of aliphatic hydroxyl groups is 1. The molecule has 2 nitrogen and oxygen atoms in total. The van der Waals surface area contributed by atoms with Crippen molar-refractivity contribution in [1.29, 1.82) is 0 Å². The van der Waals surface area contributed by atoms with Crippen molar-refractivity contribution < 1.29 is 14.2 Å². The molecule has 2 aliphatic rings. The van der Waals surface area contributed by atoms with Crippen molar-refractivity contribution >= 4 is 0 Å². The summed E-state index contributed by atoms with van der Waals surface area (Å²) in [5.74, 6) is -0.318. The van der Waals surface area contributed by atoms with E-state index in [2.05, 4.69) is 4.74 Å². The van der Waals surface area contributed by atoms with Crippen molar-refractivity contribution in [3.63, 3.8) is 0 Å². The third-order valence-electron chi connectivity index (χ3n) is 2.53. The third kappa shape index (κ3) is 0.705. The van der Waals surface area contributed by atoms with Gasteiger partial charge >= 0.3 is 0 Å². The van der Waals surface area contributed by atoms with Crippen LogP contribution in [0, 0.1) is 12.3 Å². The van der Waals surface area contributed by atoms with E-state index in [1.165, 1.54) is 0 Å². The van der Waals surface area contributed by atoms with Gasteiger partial charge in [0.25, 0.3) is 6.36 Å². The Morgan fingerprint density at radius 2 is 2.30 bits per heavy atom. The van der Waals surface area contributed by atoms with Crippen molar-refractivity contribution in [2.75, 3.05) is 6.61 Å². The number of halogens is 1. The highest BCUT2D eigenvalue weighted by atomic mass is 19.1. The van der Waals surface area contributed by atoms with Gasteiger partial charge in [-0.1, -0.05) is 0 Å². The number of hydrogen-bond acceptors (Lipinski definition) is 2. The molecule has 1 atom stereocenters. The van der Waals surface area contributed by atoms with Gasteiger partial charge in [-0.15, -0.1) is 0 Å². The minimum absolute atomic E-state index is 0.318. The molecule has 1 aliphatic carbocycles. The second-order valence-corrected chi connectivity index (χ2v) is 3.12. The van der Waals surface area contributed by atoms with Gasteiger partial charge < -0.3 is 9.84 Å². The van der Waals surface area contributed by atoms with Gasteiger partial charge in [0, 0.05) is 0 Å². The maximum atomic E-state index is 12.4. The van der Waals surface area contributed by atoms with Crippen molar-refractivity contribution in [2.45, 2.75) is 24.9 Å². The molecule has 2 fully saturated rings. The highest BCUT2D eigenvalue weighted by Crippen LogP contribution is 2.47. The van der Waals surface area contributed by atoms with Crippen molar-refractivity contribution in [3.8, 4) is 0 Å². The van der Waals surface area contributed by atoms with E-state index in [0.29, 0.717) is 6.61 Å². The lowest BCUT2D eigenvalue weighted by atomic mass is 9.70. The minimum atomic E-state index is -0.748. The first kappa shape index (κ1) is 6.55. The van der Waals surface area contributed by atoms with Crippen LogP contribution in [-0.4, -0.2) is 17.3 Å². The minimum Gasteiger partial charge on any atom is -0.389 e. The van der Waals surface area contributed by atoms with Gasteiger partial charge in [0.15, 0.2) is 0 Å². The number of rotatable bonds is 1. The van der Waals surface area contributed by atoms with Crippen LogP contribution in [0.1, 0.15) is 19.3 Å². The summed E-state index contributed by atoms with van der Waals surface area (Å²) in [5.41, 5.74) is -0.748. The molecule has 1 radical (unpaired) electrons. The molecule has 0 aromatic rings. The first-order valence-corrected chi connectivity index (χ1v) is 3.60. The summed E-state index contributed by atoms with van der Waals surface area (Å²) in [4.78, 5) is 0. The smallest absolute Gasteiger partial charge is 0.276 e. The zero-order valence-electron chi connectivity index (χ0n) is 5.64. The fourth-order valence-electron chi connectivity index (χ4n) is 1.48. The van der Waals surface area contributed by atoms with E-state index in [1.54, 1.807) is 0 Å². The number of ether oxygens (including phenoxy) is 1. The Kier molecular flexibility index (Phi) is 1.26. The molecule has 0 aromatic carbocycles. The maximum absolute atomic E-state index is 12.4. The summed E-state index contributed by atoms with van der Waals surface area (Å²) >= 11 is 0. The Morgan fingerprint density at radius 1 is 1.60 bits per heavy atom. The van der Waals surface area contributed by atoms with Gasteiger partial charge in [0.2, 0.25) is 0 Å². The zero-order chi connectivity index (χ0) is 7.19. The molecule has 57 valence electrons. The quantitative estimate of drug-likeness (QED) is 0.596. The molecule has 1 N–H and O–H groups in total. The van der Waals surface area contributed by atoms with Gasteiger partial charge in [0.05, 0.1) is 18.1 Å². The lowest BCUT2D eigenvalue weighted by molar-refractivity contribution is -0.203. The van der Waals surface area contributed by atoms with Crippen LogP contribution in [0.4, 0.5) is 4.39 Å². The first-order chi connectivity index (χ1) is 4.72. The van der Waals surface area contributed by atoms with E-state index >= 15 is 0 Å². The van der Waals surface area contributed by atoms with E-state index in [0.717, 1.165) is 19.3 Å². The molecule has 1 unspecified atom stereocenters. The Balaban J connectivity index is 1.97. The molecule has 3 heteroatoms. The molecule has 1 aliphatic heterocycles. The van der Waals surface area contributed by atoms with Crippen LogP contribution in [0.2, 0.25) is 0 Å². The fourth-order valence-corrected chi connectivity index (χ4v) is 1.48. The van der Waals surface area contributed by atoms with Crippen LogP contribution < -0.4 is 0 Å². The van der Waals surface area contributed by atoms with Gasteiger partial charge in [-0.3, -0.25) is 0 Å². The van der Waals surface area contributed by atoms with Gasteiger partial charge in [-0.05, 0) is 19.3 Å². The zero-order valence-corrected chi connectivity index (χ0v) is 5.64. The first-order valence-electron chi connectivity index (χ1n) is 3.60. The standard InChI is InChI=1S/C7H10FO2/c8-6-5(4-10-6)7(9)2-1-3-7/h5,9H,1-4H2. The summed E-state index contributed by atoms with van der Waals surface area (Å²) in [6.45, 7) is 0.363. The third-order valence-corrected chi connectivity index (χ3v) is 2.53. The largest absolute Gasteiger partial charge is 0.389 e. The molecule has 0 bridgehead atoms. The normalized spacial score (nSPS) is 38.4. The average Bonchev–Trinajstić information content (AvgIpc) is 1.81. The van der Waals surface area contributed by atoms with Gasteiger partial charge in [-0.25, -0.2) is 4.39 Å². The van der Waals surface area contributed by atoms with E-state index in [1.807, 2.05) is 0 Å². The van der Waals surface area contributed by atoms with Crippen molar-refractivity contribution in [1.82, 2.24) is 0 Å². The van der Waals surface area contributed by atoms with E-state index < -0.39 is 12.0 Å². The molecular formula is C7H10FO2. The van der Waals surface area contributed by atoms with Crippen LogP contribution >= 0.6 is 0 Å². The highest BCUT2D eigenvalue weighted by Gasteiger charge is 2.52. The lowest BCUT2D eigenvalue weighted by Gasteiger charge is -2.47. The Morgan fingerprint density at radius 3 is 2.40 bits per heavy atom. The molecule has 1 heterocycles. The Labute approximate surface area is 59.0 Å². The van der Waals surface area contributed by atoms with Crippen molar-refractivity contribution in [3.05, 3.63) is 6.36 Å². The lowest BCUT2D eigenvalue weighted by Crippen LogP contribution is -2.53. The molecule has 10 heavy (non-hydrogen) atoms. The maximum Gasteiger partial charge on any atom is 0.276 e. The Hall–Kier alpha value is -0.150. The second kappa shape index (κ2) is 1.92. The summed E-state index contributed by atoms with van der Waals surface area (Å²) in [5, 5.41) is 9.56. The second-order valence-electron chi connectivity index (χ2n) is 3.12.